The SMILES string of the molecule is CC(C)C[C@H](NC(=O)[C@H](CCCCN)NC(=O)[C@@H](NC(=O)[C@H](Cc1cnc[nH]1)NC(=O)[C@H](CCCN=C(N)N)NC(=O)[C@H](C)NC(=O)[C@@H](N)CCC(=O)O)C(C)C)C(=O)N[C@@H](CC(N)=O)C(=O)N[C@H](C(=O)N[C@@H](CCC(=O)O)C(=O)O)C(C)C. The van der Waals surface area contributed by atoms with Crippen molar-refractivity contribution in [3.63, 3.8) is 0 Å². The Labute approximate surface area is 485 Å². The average Bonchev–Trinajstić information content (AvgIpc) is 4.07. The number of unbranched alkanes of at least 4 members (excludes halogenated alkanes) is 1. The van der Waals surface area contributed by atoms with Gasteiger partial charge in [0.25, 0.3) is 0 Å². The van der Waals surface area contributed by atoms with Crippen molar-refractivity contribution in [2.75, 3.05) is 13.1 Å². The number of nitrogens with one attached hydrogen (secondary N) is 10. The molecule has 10 atom stereocenters. The van der Waals surface area contributed by atoms with Gasteiger partial charge in [-0.2, -0.15) is 0 Å². The van der Waals surface area contributed by atoms with Gasteiger partial charge in [0.05, 0.1) is 18.8 Å². The zero-order valence-corrected chi connectivity index (χ0v) is 48.5. The highest BCUT2D eigenvalue weighted by atomic mass is 16.4. The lowest BCUT2D eigenvalue weighted by atomic mass is 9.99. The first kappa shape index (κ1) is 73.5. The van der Waals surface area contributed by atoms with E-state index in [-0.39, 0.29) is 69.9 Å². The van der Waals surface area contributed by atoms with Crippen LogP contribution in [-0.2, 0) is 68.7 Å². The number of amides is 10. The van der Waals surface area contributed by atoms with E-state index < -0.39 is 175 Å². The monoisotopic (exact) mass is 1190 g/mol. The summed E-state index contributed by atoms with van der Waals surface area (Å²) in [6.45, 7) is 11.1. The van der Waals surface area contributed by atoms with Gasteiger partial charge in [0.2, 0.25) is 59.1 Å². The van der Waals surface area contributed by atoms with E-state index in [1.165, 1.54) is 33.3 Å². The Kier molecular flexibility index (Phi) is 32.9. The van der Waals surface area contributed by atoms with Gasteiger partial charge in [0.15, 0.2) is 5.96 Å². The molecule has 33 heteroatoms. The van der Waals surface area contributed by atoms with Crippen molar-refractivity contribution in [2.45, 2.75) is 186 Å². The lowest BCUT2D eigenvalue weighted by molar-refractivity contribution is -0.144. The fraction of sp³-hybridized carbons (Fsp3) is 0.667. The molecule has 84 heavy (non-hydrogen) atoms. The predicted octanol–water partition coefficient (Wildman–Crippen LogP) is -5.11. The number of carboxylic acid groups (broad SMARTS) is 3. The third-order valence-electron chi connectivity index (χ3n) is 12.7. The van der Waals surface area contributed by atoms with Crippen molar-refractivity contribution < 1.29 is 77.6 Å². The zero-order valence-electron chi connectivity index (χ0n) is 48.5. The van der Waals surface area contributed by atoms with E-state index in [0.717, 1.165) is 0 Å². The molecule has 0 radical (unpaired) electrons. The molecule has 1 rings (SSSR count). The van der Waals surface area contributed by atoms with Crippen LogP contribution < -0.4 is 76.5 Å². The van der Waals surface area contributed by atoms with E-state index >= 15 is 0 Å². The van der Waals surface area contributed by atoms with Crippen molar-refractivity contribution in [3.05, 3.63) is 18.2 Å². The molecule has 0 saturated heterocycles. The van der Waals surface area contributed by atoms with Gasteiger partial charge in [0, 0.05) is 37.7 Å². The van der Waals surface area contributed by atoms with Gasteiger partial charge in [0.1, 0.15) is 54.4 Å². The second kappa shape index (κ2) is 37.6. The fourth-order valence-electron chi connectivity index (χ4n) is 8.01. The minimum absolute atomic E-state index is 0.0200. The maximum absolute atomic E-state index is 14.4. The molecule has 0 unspecified atom stereocenters. The molecule has 0 bridgehead atoms. The summed E-state index contributed by atoms with van der Waals surface area (Å²) in [6, 6.07) is -14.5. The minimum atomic E-state index is -1.75. The van der Waals surface area contributed by atoms with Crippen LogP contribution in [0.5, 0.6) is 0 Å². The number of carboxylic acids is 3. The summed E-state index contributed by atoms with van der Waals surface area (Å²) >= 11 is 0. The summed E-state index contributed by atoms with van der Waals surface area (Å²) < 4.78 is 0. The molecule has 0 saturated carbocycles. The minimum Gasteiger partial charge on any atom is -0.481 e. The fourth-order valence-corrected chi connectivity index (χ4v) is 8.01. The summed E-state index contributed by atoms with van der Waals surface area (Å²) in [7, 11) is 0. The van der Waals surface area contributed by atoms with Gasteiger partial charge in [-0.25, -0.2) is 9.78 Å². The Balaban J connectivity index is 3.54. The number of aromatic nitrogens is 2. The Morgan fingerprint density at radius 1 is 0.536 bits per heavy atom. The van der Waals surface area contributed by atoms with E-state index in [1.807, 2.05) is 0 Å². The van der Waals surface area contributed by atoms with E-state index in [9.17, 15) is 67.4 Å². The number of aromatic amines is 1. The molecule has 1 aromatic heterocycles. The standard InChI is InChI=1S/C51H87N17O16/c1-24(2)19-33(45(78)66-35(21-36(54)69)47(80)68-40(26(5)6)49(82)63-32(50(83)84)14-16-38(72)73)64-43(76)30(11-8-9-17-52)62-48(81)39(25(3)4)67-46(79)34(20-28-22-57-23-59-28)65-44(77)31(12-10-18-58-51(55)56)61-41(74)27(7)60-42(75)29(53)13-15-37(70)71/h22-27,29-35,39-40H,8-21,52-53H2,1-7H3,(H2,54,69)(H,57,59)(H,60,75)(H,61,74)(H,62,81)(H,63,82)(H,64,76)(H,65,77)(H,66,78)(H,67,79)(H,68,80)(H,70,71)(H,72,73)(H,83,84)(H4,55,56,58)/t27-,29-,30-,31-,32-,33-,34-,35-,39-,40-/m0/s1. The molecule has 23 N–H and O–H groups in total. The Bertz CT molecular complexity index is 2440. The van der Waals surface area contributed by atoms with E-state index in [2.05, 4.69) is 62.8 Å². The average molecular weight is 1190 g/mol. The predicted molar refractivity (Wildman–Crippen MR) is 300 cm³/mol. The maximum Gasteiger partial charge on any atom is 0.326 e. The molecule has 10 amide bonds. The second-order valence-electron chi connectivity index (χ2n) is 21.2. The molecular formula is C51H87N17O16. The number of imidazole rings is 1. The molecule has 0 aromatic carbocycles. The van der Waals surface area contributed by atoms with Crippen molar-refractivity contribution >= 4 is 82.9 Å². The normalized spacial score (nSPS) is 14.7. The Hall–Kier alpha value is -8.49. The van der Waals surface area contributed by atoms with Crippen LogP contribution in [0, 0.1) is 17.8 Å². The summed E-state index contributed by atoms with van der Waals surface area (Å²) in [5.74, 6) is -15.4. The molecular weight excluding hydrogens is 1110 g/mol. The summed E-state index contributed by atoms with van der Waals surface area (Å²) in [5, 5.41) is 50.0. The van der Waals surface area contributed by atoms with Gasteiger partial charge in [-0.1, -0.05) is 41.5 Å². The number of primary amides is 1. The van der Waals surface area contributed by atoms with Gasteiger partial charge in [-0.05, 0) is 82.6 Å². The van der Waals surface area contributed by atoms with Crippen molar-refractivity contribution in [1.29, 1.82) is 0 Å². The van der Waals surface area contributed by atoms with Crippen molar-refractivity contribution in [3.8, 4) is 0 Å². The first-order valence-corrected chi connectivity index (χ1v) is 27.4. The van der Waals surface area contributed by atoms with E-state index in [1.54, 1.807) is 27.7 Å². The summed E-state index contributed by atoms with van der Waals surface area (Å²) in [6.07, 6.45) is 0.521. The zero-order chi connectivity index (χ0) is 64.0. The van der Waals surface area contributed by atoms with Crippen LogP contribution in [-0.4, -0.2) is 182 Å². The lowest BCUT2D eigenvalue weighted by Crippen LogP contribution is -2.61. The first-order valence-electron chi connectivity index (χ1n) is 27.4. The number of H-pyrrole nitrogens is 1. The van der Waals surface area contributed by atoms with Crippen LogP contribution in [0.25, 0.3) is 0 Å². The maximum atomic E-state index is 14.4. The molecule has 0 aliphatic heterocycles. The van der Waals surface area contributed by atoms with Crippen LogP contribution in [0.4, 0.5) is 0 Å². The summed E-state index contributed by atoms with van der Waals surface area (Å²) in [5.41, 5.74) is 28.3. The molecule has 472 valence electrons. The second-order valence-corrected chi connectivity index (χ2v) is 21.2. The highest BCUT2D eigenvalue weighted by molar-refractivity contribution is 5.99. The number of hydrogen-bond donors (Lipinski definition) is 18. The number of rotatable bonds is 41. The van der Waals surface area contributed by atoms with Gasteiger partial charge in [-0.3, -0.25) is 62.5 Å². The Morgan fingerprint density at radius 2 is 1.00 bits per heavy atom. The van der Waals surface area contributed by atoms with Crippen LogP contribution in [0.2, 0.25) is 0 Å². The number of carbonyl (C=O) groups excluding carboxylic acids is 10. The molecule has 0 aliphatic carbocycles. The molecule has 1 aromatic rings. The molecule has 1 heterocycles. The molecule has 0 aliphatic rings. The number of aliphatic imine (C=N–C) groups is 1. The quantitative estimate of drug-likeness (QED) is 0.0166. The van der Waals surface area contributed by atoms with Gasteiger partial charge in [-0.15, -0.1) is 0 Å². The van der Waals surface area contributed by atoms with Gasteiger partial charge < -0.3 is 96.8 Å². The van der Waals surface area contributed by atoms with Gasteiger partial charge >= 0.3 is 17.9 Å². The third kappa shape index (κ3) is 28.5. The number of nitrogens with zero attached hydrogens (tertiary/aromatic N) is 2. The third-order valence-corrected chi connectivity index (χ3v) is 12.7. The van der Waals surface area contributed by atoms with E-state index in [0.29, 0.717) is 12.1 Å². The van der Waals surface area contributed by atoms with Crippen molar-refractivity contribution in [2.24, 2.45) is 51.4 Å². The Morgan fingerprint density at radius 3 is 1.48 bits per heavy atom. The number of nitrogens with two attached hydrogens (primary N) is 5. The number of hydrogen-bond acceptors (Lipinski definition) is 17. The van der Waals surface area contributed by atoms with Crippen LogP contribution in [0.15, 0.2) is 17.5 Å². The molecule has 33 nitrogen and oxygen atoms in total. The van der Waals surface area contributed by atoms with Crippen LogP contribution in [0.1, 0.15) is 125 Å². The summed E-state index contributed by atoms with van der Waals surface area (Å²) in [4.78, 5) is 181. The van der Waals surface area contributed by atoms with Crippen molar-refractivity contribution in [1.82, 2.24) is 57.8 Å². The smallest absolute Gasteiger partial charge is 0.326 e. The number of aliphatic carboxylic acids is 3. The van der Waals surface area contributed by atoms with Crippen LogP contribution >= 0.6 is 0 Å². The largest absolute Gasteiger partial charge is 0.481 e. The highest BCUT2D eigenvalue weighted by Crippen LogP contribution is 2.13. The molecule has 0 fully saturated rings. The number of carbonyl (C=O) groups is 13. The topological polar surface area (TPSA) is 562 Å². The van der Waals surface area contributed by atoms with E-state index in [4.69, 9.17) is 38.9 Å². The lowest BCUT2D eigenvalue weighted by Gasteiger charge is -2.29. The van der Waals surface area contributed by atoms with Crippen LogP contribution in [0.3, 0.4) is 0 Å². The number of guanidine groups is 1. The first-order chi connectivity index (χ1) is 39.3. The molecule has 0 spiro atoms. The highest BCUT2D eigenvalue weighted by Gasteiger charge is 2.37.